The van der Waals surface area contributed by atoms with Gasteiger partial charge in [0.2, 0.25) is 0 Å². The van der Waals surface area contributed by atoms with E-state index in [1.54, 1.807) is 0 Å². The molecule has 0 aliphatic heterocycles. The summed E-state index contributed by atoms with van der Waals surface area (Å²) < 4.78 is 12.7. The number of aromatic nitrogens is 2. The number of furan rings is 2. The molecule has 50 heavy (non-hydrogen) atoms. The largest absolute Gasteiger partial charge is 0.455 e. The third kappa shape index (κ3) is 4.69. The molecule has 0 bridgehead atoms. The zero-order chi connectivity index (χ0) is 33.0. The molecule has 0 atom stereocenters. The zero-order valence-corrected chi connectivity index (χ0v) is 26.9. The topological polar surface area (TPSA) is 52.1 Å². The third-order valence-corrected chi connectivity index (χ3v) is 9.63. The smallest absolute Gasteiger partial charge is 0.143 e. The summed E-state index contributed by atoms with van der Waals surface area (Å²) in [6, 6.07) is 50.6. The first kappa shape index (κ1) is 28.3. The Kier molecular flexibility index (Phi) is 6.46. The zero-order valence-electron chi connectivity index (χ0n) is 26.9. The predicted octanol–water partition coefficient (Wildman–Crippen LogP) is 12.6. The van der Waals surface area contributed by atoms with Crippen molar-refractivity contribution in [2.75, 3.05) is 0 Å². The molecular weight excluding hydrogens is 613 g/mol. The first-order valence-corrected chi connectivity index (χ1v) is 16.7. The van der Waals surface area contributed by atoms with E-state index >= 15 is 0 Å². The molecule has 234 valence electrons. The monoisotopic (exact) mass is 640 g/mol. The van der Waals surface area contributed by atoms with E-state index in [4.69, 9.17) is 8.83 Å². The van der Waals surface area contributed by atoms with Gasteiger partial charge in [0.15, 0.2) is 0 Å². The number of fused-ring (bicyclic) bond motifs is 6. The van der Waals surface area contributed by atoms with Gasteiger partial charge in [0.1, 0.15) is 22.3 Å². The first-order valence-electron chi connectivity index (χ1n) is 16.7. The van der Waals surface area contributed by atoms with Crippen LogP contribution in [0.5, 0.6) is 0 Å². The molecule has 0 unspecified atom stereocenters. The van der Waals surface area contributed by atoms with E-state index in [9.17, 15) is 0 Å². The second-order valence-electron chi connectivity index (χ2n) is 12.6. The van der Waals surface area contributed by atoms with Crippen LogP contribution in [0.4, 0.5) is 0 Å². The molecule has 6 aromatic carbocycles. The van der Waals surface area contributed by atoms with Crippen molar-refractivity contribution in [2.24, 2.45) is 0 Å². The van der Waals surface area contributed by atoms with Gasteiger partial charge in [-0.05, 0) is 58.7 Å². The van der Waals surface area contributed by atoms with Gasteiger partial charge in [-0.2, -0.15) is 0 Å². The molecule has 4 heterocycles. The fourth-order valence-corrected chi connectivity index (χ4v) is 7.19. The third-order valence-electron chi connectivity index (χ3n) is 9.63. The van der Waals surface area contributed by atoms with Crippen molar-refractivity contribution in [3.8, 4) is 55.6 Å². The molecular formula is C46H28N2O2. The second-order valence-corrected chi connectivity index (χ2v) is 12.6. The minimum atomic E-state index is 0.897. The Hall–Kier alpha value is -6.78. The van der Waals surface area contributed by atoms with E-state index in [0.717, 1.165) is 99.5 Å². The first-order chi connectivity index (χ1) is 24.8. The lowest BCUT2D eigenvalue weighted by Crippen LogP contribution is -1.88. The summed E-state index contributed by atoms with van der Waals surface area (Å²) in [5.74, 6) is 0. The number of pyridine rings is 2. The molecule has 0 spiro atoms. The minimum absolute atomic E-state index is 0.897. The summed E-state index contributed by atoms with van der Waals surface area (Å²) in [5, 5.41) is 4.50. The summed E-state index contributed by atoms with van der Waals surface area (Å²) in [5.41, 5.74) is 14.2. The van der Waals surface area contributed by atoms with Crippen LogP contribution in [0.25, 0.3) is 99.5 Å². The quantitative estimate of drug-likeness (QED) is 0.188. The Balaban J connectivity index is 0.996. The van der Waals surface area contributed by atoms with Crippen LogP contribution in [-0.2, 0) is 0 Å². The number of benzene rings is 6. The van der Waals surface area contributed by atoms with E-state index < -0.39 is 0 Å². The van der Waals surface area contributed by atoms with E-state index in [2.05, 4.69) is 131 Å². The molecule has 0 aliphatic rings. The summed E-state index contributed by atoms with van der Waals surface area (Å²) in [7, 11) is 0. The van der Waals surface area contributed by atoms with Gasteiger partial charge < -0.3 is 8.83 Å². The highest BCUT2D eigenvalue weighted by atomic mass is 16.3. The van der Waals surface area contributed by atoms with Crippen molar-refractivity contribution >= 4 is 43.9 Å². The van der Waals surface area contributed by atoms with E-state index in [1.807, 2.05) is 49.1 Å². The van der Waals surface area contributed by atoms with Crippen LogP contribution in [0.3, 0.4) is 0 Å². The lowest BCUT2D eigenvalue weighted by molar-refractivity contribution is 0.669. The van der Waals surface area contributed by atoms with Crippen LogP contribution in [0.15, 0.2) is 179 Å². The molecule has 4 nitrogen and oxygen atoms in total. The molecule has 10 rings (SSSR count). The van der Waals surface area contributed by atoms with Gasteiger partial charge in [-0.1, -0.05) is 109 Å². The summed E-state index contributed by atoms with van der Waals surface area (Å²) in [4.78, 5) is 9.33. The number of nitrogens with zero attached hydrogens (tertiary/aromatic N) is 2. The van der Waals surface area contributed by atoms with Crippen LogP contribution in [0, 0.1) is 0 Å². The molecule has 4 aromatic heterocycles. The molecule has 0 N–H and O–H groups in total. The molecule has 4 heteroatoms. The number of hydrogen-bond donors (Lipinski definition) is 0. The van der Waals surface area contributed by atoms with Gasteiger partial charge in [0, 0.05) is 79.7 Å². The van der Waals surface area contributed by atoms with E-state index in [1.165, 1.54) is 0 Å². The Morgan fingerprint density at radius 3 is 1.14 bits per heavy atom. The number of para-hydroxylation sites is 4. The average molecular weight is 641 g/mol. The Morgan fingerprint density at radius 1 is 0.300 bits per heavy atom. The van der Waals surface area contributed by atoms with Crippen LogP contribution >= 0.6 is 0 Å². The standard InChI is InChI=1S/C46H28N2O2/c1-3-19-43-39(13-1)41-17-7-15-37(45(41)49-43)31-11-5-9-29(21-31)33-23-35(27-47-25-33)36-24-34(26-48-28-36)30-10-6-12-32(22-30)38-16-8-18-42-40-14-2-4-20-44(40)50-46(38)42/h1-28H. The van der Waals surface area contributed by atoms with E-state index in [0.29, 0.717) is 0 Å². The van der Waals surface area contributed by atoms with Gasteiger partial charge in [-0.25, -0.2) is 0 Å². The van der Waals surface area contributed by atoms with Crippen molar-refractivity contribution in [3.63, 3.8) is 0 Å². The molecule has 0 radical (unpaired) electrons. The summed E-state index contributed by atoms with van der Waals surface area (Å²) >= 11 is 0. The van der Waals surface area contributed by atoms with Gasteiger partial charge in [0.25, 0.3) is 0 Å². The van der Waals surface area contributed by atoms with Crippen molar-refractivity contribution in [2.45, 2.75) is 0 Å². The molecule has 0 fully saturated rings. The maximum Gasteiger partial charge on any atom is 0.143 e. The normalized spacial score (nSPS) is 11.6. The summed E-state index contributed by atoms with van der Waals surface area (Å²) in [6.45, 7) is 0. The fraction of sp³-hybridized carbons (Fsp3) is 0. The van der Waals surface area contributed by atoms with Crippen LogP contribution < -0.4 is 0 Å². The highest BCUT2D eigenvalue weighted by Crippen LogP contribution is 2.39. The van der Waals surface area contributed by atoms with Gasteiger partial charge in [-0.3, -0.25) is 9.97 Å². The number of hydrogen-bond acceptors (Lipinski definition) is 4. The van der Waals surface area contributed by atoms with Crippen molar-refractivity contribution in [1.82, 2.24) is 9.97 Å². The second kappa shape index (κ2) is 11.4. The Bertz CT molecular complexity index is 2700. The lowest BCUT2D eigenvalue weighted by atomic mass is 9.96. The molecule has 0 saturated heterocycles. The lowest BCUT2D eigenvalue weighted by Gasteiger charge is -2.10. The van der Waals surface area contributed by atoms with Crippen molar-refractivity contribution < 1.29 is 8.83 Å². The van der Waals surface area contributed by atoms with Crippen molar-refractivity contribution in [1.29, 1.82) is 0 Å². The number of rotatable bonds is 5. The molecule has 0 saturated carbocycles. The van der Waals surface area contributed by atoms with E-state index in [-0.39, 0.29) is 0 Å². The van der Waals surface area contributed by atoms with Gasteiger partial charge in [0.05, 0.1) is 0 Å². The maximum atomic E-state index is 6.35. The Morgan fingerprint density at radius 2 is 0.660 bits per heavy atom. The van der Waals surface area contributed by atoms with Crippen LogP contribution in [0.2, 0.25) is 0 Å². The molecule has 0 aliphatic carbocycles. The highest BCUT2D eigenvalue weighted by Gasteiger charge is 2.15. The average Bonchev–Trinajstić information content (AvgIpc) is 3.77. The molecule has 10 aromatic rings. The Labute approximate surface area is 287 Å². The SMILES string of the molecule is c1cc(-c2cncc(-c3cncc(-c4cccc(-c5cccc6c5oc5ccccc56)c4)c3)c2)cc(-c2cccc3c2oc2ccccc23)c1. The van der Waals surface area contributed by atoms with Gasteiger partial charge >= 0.3 is 0 Å². The fourth-order valence-electron chi connectivity index (χ4n) is 7.19. The minimum Gasteiger partial charge on any atom is -0.455 e. The predicted molar refractivity (Wildman–Crippen MR) is 204 cm³/mol. The van der Waals surface area contributed by atoms with Crippen LogP contribution in [-0.4, -0.2) is 9.97 Å². The van der Waals surface area contributed by atoms with Crippen LogP contribution in [0.1, 0.15) is 0 Å². The van der Waals surface area contributed by atoms with Gasteiger partial charge in [-0.15, -0.1) is 0 Å². The summed E-state index contributed by atoms with van der Waals surface area (Å²) in [6.07, 6.45) is 7.65. The van der Waals surface area contributed by atoms with Crippen molar-refractivity contribution in [3.05, 3.63) is 170 Å². The molecule has 0 amide bonds. The highest BCUT2D eigenvalue weighted by molar-refractivity contribution is 6.10. The maximum absolute atomic E-state index is 6.35.